The molecule has 0 aromatic heterocycles. The van der Waals surface area contributed by atoms with Gasteiger partial charge in [-0.05, 0) is 66.5 Å². The first-order valence-corrected chi connectivity index (χ1v) is 14.3. The molecule has 0 radical (unpaired) electrons. The van der Waals surface area contributed by atoms with Crippen molar-refractivity contribution < 1.29 is 78.9 Å². The van der Waals surface area contributed by atoms with Crippen molar-refractivity contribution in [2.24, 2.45) is 0 Å². The fourth-order valence-corrected chi connectivity index (χ4v) is 2.72. The zero-order valence-corrected chi connectivity index (χ0v) is 33.5. The van der Waals surface area contributed by atoms with E-state index in [2.05, 4.69) is 50.8 Å². The largest absolute Gasteiger partial charge is 1.00 e. The molecule has 0 rings (SSSR count). The molecule has 234 valence electrons. The van der Waals surface area contributed by atoms with E-state index < -0.39 is 11.9 Å². The summed E-state index contributed by atoms with van der Waals surface area (Å²) in [5.74, 6) is -2.30. The predicted molar refractivity (Wildman–Crippen MR) is 186 cm³/mol. The van der Waals surface area contributed by atoms with Crippen molar-refractivity contribution in [3.8, 4) is 0 Å². The second-order valence-electron chi connectivity index (χ2n) is 9.77. The van der Waals surface area contributed by atoms with Crippen LogP contribution in [0.25, 0.3) is 0 Å². The second-order valence-corrected chi connectivity index (χ2v) is 9.77. The maximum atomic E-state index is 10.6. The molecule has 0 N–H and O–H groups in total. The van der Waals surface area contributed by atoms with E-state index in [-0.39, 0.29) is 70.3 Å². The smallest absolute Gasteiger partial charge is 0.545 e. The van der Waals surface area contributed by atoms with Crippen LogP contribution in [-0.2, 0) is 9.59 Å². The molecule has 0 bridgehead atoms. The Kier molecular flexibility index (Phi) is 36.2. The summed E-state index contributed by atoms with van der Waals surface area (Å²) in [6, 6.07) is 0. The fraction of sp³-hybridized carbons (Fsp3) is 0.200. The summed E-state index contributed by atoms with van der Waals surface area (Å²) in [5.41, 5.74) is 5.94. The van der Waals surface area contributed by atoms with Crippen LogP contribution >= 0.6 is 0 Å². The van der Waals surface area contributed by atoms with Gasteiger partial charge in [-0.3, -0.25) is 0 Å². The van der Waals surface area contributed by atoms with Crippen molar-refractivity contribution >= 4 is 11.9 Å². The van der Waals surface area contributed by atoms with Crippen molar-refractivity contribution in [1.82, 2.24) is 0 Å². The molecular formula is C40H48Na2O4. The van der Waals surface area contributed by atoms with Crippen LogP contribution in [-0.4, -0.2) is 11.9 Å². The van der Waals surface area contributed by atoms with E-state index >= 15 is 0 Å². The number of carboxylic acids is 2. The monoisotopic (exact) mass is 638 g/mol. The molecule has 0 saturated carbocycles. The maximum Gasteiger partial charge on any atom is 1.00 e. The molecule has 0 aliphatic carbocycles. The Morgan fingerprint density at radius 3 is 1.02 bits per heavy atom. The van der Waals surface area contributed by atoms with Crippen LogP contribution in [0.4, 0.5) is 0 Å². The number of carbonyl (C=O) groups is 2. The summed E-state index contributed by atoms with van der Waals surface area (Å²) < 4.78 is 0. The van der Waals surface area contributed by atoms with Crippen molar-refractivity contribution in [3.63, 3.8) is 0 Å². The molecule has 0 unspecified atom stereocenters. The van der Waals surface area contributed by atoms with Gasteiger partial charge in [0.2, 0.25) is 0 Å². The number of aliphatic carboxylic acids is 2. The maximum absolute atomic E-state index is 10.6. The summed E-state index contributed by atoms with van der Waals surface area (Å²) in [4.78, 5) is 20.9. The van der Waals surface area contributed by atoms with Gasteiger partial charge in [-0.1, -0.05) is 168 Å². The number of allylic oxidation sites excluding steroid dienone is 27. The molecule has 0 heterocycles. The zero-order chi connectivity index (χ0) is 33.8. The third kappa shape index (κ3) is 33.9. The van der Waals surface area contributed by atoms with Crippen LogP contribution < -0.4 is 69.3 Å². The first-order chi connectivity index (χ1) is 20.8. The van der Waals surface area contributed by atoms with E-state index in [1.807, 2.05) is 94.5 Å². The van der Waals surface area contributed by atoms with Crippen molar-refractivity contribution in [2.75, 3.05) is 0 Å². The van der Waals surface area contributed by atoms with Gasteiger partial charge in [0.1, 0.15) is 0 Å². The fourth-order valence-electron chi connectivity index (χ4n) is 2.72. The summed E-state index contributed by atoms with van der Waals surface area (Å²) in [7, 11) is 0. The Bertz CT molecular complexity index is 1380. The molecule has 0 spiro atoms. The molecule has 0 aromatic rings. The molecule has 46 heavy (non-hydrogen) atoms. The standard InChI is InChI=1S/C29H36O2.C11H14O2.2Na/c1-7-8-9-15-24(2)16-10-11-17-25(3)18-12-19-26(4)20-13-21-27(5)22-14-23-28(6)29(30)31;1-4-6-9(2)7-5-8-10(3)11(12)13;;/h7-23H,1-6H3,(H,30,31);4-8H,1H2,2-3H3,(H,12,13);;/q;;2*+1/p-2/b8-7-,11-10+,15-9+,18-12+,20-13+,22-14+,24-16+,25-17+,26-19+,27-21+,28-23+;7-5+,9-6+,10-8+;;. The molecule has 0 aromatic carbocycles. The topological polar surface area (TPSA) is 80.3 Å². The van der Waals surface area contributed by atoms with E-state index in [0.29, 0.717) is 0 Å². The number of rotatable bonds is 15. The minimum absolute atomic E-state index is 0. The van der Waals surface area contributed by atoms with E-state index in [4.69, 9.17) is 0 Å². The average Bonchev–Trinajstić information content (AvgIpc) is 2.95. The van der Waals surface area contributed by atoms with Crippen LogP contribution in [0, 0.1) is 0 Å². The van der Waals surface area contributed by atoms with Crippen LogP contribution in [0.2, 0.25) is 0 Å². The van der Waals surface area contributed by atoms with Gasteiger partial charge in [-0.15, -0.1) is 0 Å². The van der Waals surface area contributed by atoms with Crippen molar-refractivity contribution in [1.29, 1.82) is 0 Å². The Morgan fingerprint density at radius 2 is 0.717 bits per heavy atom. The van der Waals surface area contributed by atoms with Gasteiger partial charge in [-0.25, -0.2) is 0 Å². The minimum atomic E-state index is -1.15. The van der Waals surface area contributed by atoms with E-state index in [9.17, 15) is 19.8 Å². The summed E-state index contributed by atoms with van der Waals surface area (Å²) in [5, 5.41) is 20.9. The van der Waals surface area contributed by atoms with E-state index in [0.717, 1.165) is 16.7 Å². The minimum Gasteiger partial charge on any atom is -0.545 e. The Labute approximate surface area is 322 Å². The Balaban J connectivity index is -0.000000496. The summed E-state index contributed by atoms with van der Waals surface area (Å²) in [6.07, 6.45) is 42.0. The van der Waals surface area contributed by atoms with E-state index in [1.165, 1.54) is 37.1 Å². The molecule has 0 aliphatic rings. The molecular weight excluding hydrogens is 590 g/mol. The third-order valence-corrected chi connectivity index (χ3v) is 5.36. The quantitative estimate of drug-likeness (QED) is 0.157. The van der Waals surface area contributed by atoms with Gasteiger partial charge in [0, 0.05) is 0 Å². The van der Waals surface area contributed by atoms with Crippen molar-refractivity contribution in [3.05, 3.63) is 179 Å². The van der Waals surface area contributed by atoms with Gasteiger partial charge in [0.15, 0.2) is 0 Å². The summed E-state index contributed by atoms with van der Waals surface area (Å²) >= 11 is 0. The van der Waals surface area contributed by atoms with Crippen LogP contribution in [0.15, 0.2) is 179 Å². The number of hydrogen-bond donors (Lipinski definition) is 0. The van der Waals surface area contributed by atoms with Crippen LogP contribution in [0.1, 0.15) is 55.4 Å². The number of hydrogen-bond acceptors (Lipinski definition) is 4. The molecule has 0 aliphatic heterocycles. The van der Waals surface area contributed by atoms with Gasteiger partial charge in [-0.2, -0.15) is 0 Å². The number of carbonyl (C=O) groups excluding carboxylic acids is 2. The van der Waals surface area contributed by atoms with Crippen molar-refractivity contribution in [2.45, 2.75) is 55.4 Å². The number of carboxylic acid groups (broad SMARTS) is 2. The SMILES string of the molecule is C=C/C=C(C)/C=C/C=C(\C)C(=O)[O-].C\C=C/C=C/C(C)=C/C=C/C=C(C)/C=C/C=C(C)/C=C/C=C(C)/C=C/C=C(\C)C(=O)[O-].[Na+].[Na+]. The molecule has 6 heteroatoms. The molecule has 0 atom stereocenters. The normalized spacial score (nSPS) is 14.5. The first kappa shape index (κ1) is 49.9. The summed E-state index contributed by atoms with van der Waals surface area (Å²) in [6.45, 7) is 18.6. The zero-order valence-electron chi connectivity index (χ0n) is 29.5. The molecule has 0 saturated heterocycles. The van der Waals surface area contributed by atoms with Gasteiger partial charge in [0.05, 0.1) is 11.9 Å². The molecule has 0 fully saturated rings. The van der Waals surface area contributed by atoms with Crippen LogP contribution in [0.3, 0.4) is 0 Å². The van der Waals surface area contributed by atoms with Crippen LogP contribution in [0.5, 0.6) is 0 Å². The second kappa shape index (κ2) is 33.4. The van der Waals surface area contributed by atoms with Gasteiger partial charge >= 0.3 is 59.1 Å². The van der Waals surface area contributed by atoms with Gasteiger partial charge < -0.3 is 19.8 Å². The third-order valence-electron chi connectivity index (χ3n) is 5.36. The average molecular weight is 639 g/mol. The predicted octanol–water partition coefficient (Wildman–Crippen LogP) is 2.20. The first-order valence-electron chi connectivity index (χ1n) is 14.3. The molecule has 0 amide bonds. The van der Waals surface area contributed by atoms with E-state index in [1.54, 1.807) is 24.3 Å². The van der Waals surface area contributed by atoms with Gasteiger partial charge in [0.25, 0.3) is 0 Å². The Morgan fingerprint density at radius 1 is 0.435 bits per heavy atom. The Hall–Kier alpha value is -2.96. The molecule has 4 nitrogen and oxygen atoms in total.